The molecule has 6 heteroatoms. The third kappa shape index (κ3) is 6.53. The van der Waals surface area contributed by atoms with Crippen molar-refractivity contribution >= 4 is 5.96 Å². The lowest BCUT2D eigenvalue weighted by Gasteiger charge is -2.32. The lowest BCUT2D eigenvalue weighted by atomic mass is 10.1. The van der Waals surface area contributed by atoms with E-state index in [1.807, 2.05) is 12.1 Å². The summed E-state index contributed by atoms with van der Waals surface area (Å²) >= 11 is 0. The Morgan fingerprint density at radius 3 is 2.59 bits per heavy atom. The molecule has 2 atom stereocenters. The Morgan fingerprint density at radius 1 is 1.09 bits per heavy atom. The Kier molecular flexibility index (Phi) is 8.13. The second-order valence-corrected chi connectivity index (χ2v) is 8.80. The molecule has 1 heterocycles. The van der Waals surface area contributed by atoms with Gasteiger partial charge >= 0.3 is 0 Å². The topological polar surface area (TPSA) is 48.9 Å². The lowest BCUT2D eigenvalue weighted by Crippen LogP contribution is -2.40. The zero-order valence-corrected chi connectivity index (χ0v) is 19.0. The van der Waals surface area contributed by atoms with Crippen LogP contribution in [0.4, 0.5) is 4.39 Å². The standard InChI is InChI=1S/C26H35FN4O/c1-28-26(30-25-18-23(25)22-10-5-6-11-24(22)27)29-14-7-17-32-21-12-15-31(16-13-21)19-20-8-3-2-4-9-20/h2-6,8-11,21,23,25H,7,12-19H2,1H3,(H2,28,29,30). The fourth-order valence-electron chi connectivity index (χ4n) is 4.45. The number of benzene rings is 2. The molecular weight excluding hydrogens is 403 g/mol. The van der Waals surface area contributed by atoms with Crippen molar-refractivity contribution in [2.45, 2.75) is 50.3 Å². The molecule has 1 aliphatic heterocycles. The maximum atomic E-state index is 13.9. The average Bonchev–Trinajstić information content (AvgIpc) is 3.59. The summed E-state index contributed by atoms with van der Waals surface area (Å²) in [6, 6.07) is 18.0. The number of hydrogen-bond donors (Lipinski definition) is 2. The first kappa shape index (κ1) is 22.7. The third-order valence-corrected chi connectivity index (χ3v) is 6.39. The van der Waals surface area contributed by atoms with Gasteiger partial charge in [-0.15, -0.1) is 0 Å². The number of nitrogens with zero attached hydrogens (tertiary/aromatic N) is 2. The summed E-state index contributed by atoms with van der Waals surface area (Å²) < 4.78 is 20.1. The summed E-state index contributed by atoms with van der Waals surface area (Å²) in [6.07, 6.45) is 4.44. The van der Waals surface area contributed by atoms with Gasteiger partial charge in [0, 0.05) is 51.8 Å². The fraction of sp³-hybridized carbons (Fsp3) is 0.500. The van der Waals surface area contributed by atoms with Gasteiger partial charge in [-0.2, -0.15) is 0 Å². The minimum atomic E-state index is -0.118. The van der Waals surface area contributed by atoms with Gasteiger partial charge in [-0.3, -0.25) is 9.89 Å². The van der Waals surface area contributed by atoms with E-state index in [0.717, 1.165) is 70.0 Å². The molecular formula is C26H35FN4O. The van der Waals surface area contributed by atoms with E-state index in [4.69, 9.17) is 4.74 Å². The SMILES string of the molecule is CN=C(NCCCOC1CCN(Cc2ccccc2)CC1)NC1CC1c1ccccc1F. The molecule has 1 saturated heterocycles. The van der Waals surface area contributed by atoms with Crippen molar-refractivity contribution in [2.24, 2.45) is 4.99 Å². The number of rotatable bonds is 9. The maximum absolute atomic E-state index is 13.9. The number of halogens is 1. The van der Waals surface area contributed by atoms with E-state index in [2.05, 4.69) is 50.9 Å². The second-order valence-electron chi connectivity index (χ2n) is 8.80. The van der Waals surface area contributed by atoms with E-state index in [1.165, 1.54) is 11.6 Å². The molecule has 2 aromatic rings. The number of guanidine groups is 1. The van der Waals surface area contributed by atoms with Crippen LogP contribution in [0.5, 0.6) is 0 Å². The molecule has 0 amide bonds. The van der Waals surface area contributed by atoms with Gasteiger partial charge < -0.3 is 15.4 Å². The Balaban J connectivity index is 1.07. The summed E-state index contributed by atoms with van der Waals surface area (Å²) in [5, 5.41) is 6.76. The molecule has 0 spiro atoms. The highest BCUT2D eigenvalue weighted by molar-refractivity contribution is 5.80. The summed E-state index contributed by atoms with van der Waals surface area (Å²) in [4.78, 5) is 6.82. The van der Waals surface area contributed by atoms with Crippen molar-refractivity contribution in [3.8, 4) is 0 Å². The zero-order valence-electron chi connectivity index (χ0n) is 19.0. The number of ether oxygens (including phenoxy) is 1. The number of piperidine rings is 1. The summed E-state index contributed by atoms with van der Waals surface area (Å²) in [6.45, 7) is 4.79. The molecule has 2 N–H and O–H groups in total. The van der Waals surface area contributed by atoms with Crippen molar-refractivity contribution in [1.29, 1.82) is 0 Å². The monoisotopic (exact) mass is 438 g/mol. The first-order valence-corrected chi connectivity index (χ1v) is 11.8. The van der Waals surface area contributed by atoms with Gasteiger partial charge in [-0.1, -0.05) is 48.5 Å². The van der Waals surface area contributed by atoms with Crippen molar-refractivity contribution in [1.82, 2.24) is 15.5 Å². The molecule has 5 nitrogen and oxygen atoms in total. The Hall–Kier alpha value is -2.44. The van der Waals surface area contributed by atoms with Gasteiger partial charge in [-0.25, -0.2) is 4.39 Å². The number of hydrogen-bond acceptors (Lipinski definition) is 3. The second kappa shape index (κ2) is 11.4. The first-order valence-electron chi connectivity index (χ1n) is 11.8. The molecule has 0 radical (unpaired) electrons. The molecule has 0 aromatic heterocycles. The van der Waals surface area contributed by atoms with Crippen molar-refractivity contribution in [3.63, 3.8) is 0 Å². The zero-order chi connectivity index (χ0) is 22.2. The molecule has 2 fully saturated rings. The number of likely N-dealkylation sites (tertiary alicyclic amines) is 1. The van der Waals surface area contributed by atoms with E-state index >= 15 is 0 Å². The van der Waals surface area contributed by atoms with Crippen LogP contribution in [0.15, 0.2) is 59.6 Å². The molecule has 32 heavy (non-hydrogen) atoms. The highest BCUT2D eigenvalue weighted by Gasteiger charge is 2.40. The van der Waals surface area contributed by atoms with Gasteiger partial charge in [0.25, 0.3) is 0 Å². The number of aliphatic imine (C=N–C) groups is 1. The Morgan fingerprint density at radius 2 is 1.84 bits per heavy atom. The summed E-state index contributed by atoms with van der Waals surface area (Å²) in [5.41, 5.74) is 2.18. The fourth-order valence-corrected chi connectivity index (χ4v) is 4.45. The van der Waals surface area contributed by atoms with E-state index < -0.39 is 0 Å². The van der Waals surface area contributed by atoms with E-state index in [1.54, 1.807) is 13.1 Å². The van der Waals surface area contributed by atoms with Gasteiger partial charge in [0.1, 0.15) is 5.82 Å². The third-order valence-electron chi connectivity index (χ3n) is 6.39. The lowest BCUT2D eigenvalue weighted by molar-refractivity contribution is 0.00534. The summed E-state index contributed by atoms with van der Waals surface area (Å²) in [7, 11) is 1.77. The average molecular weight is 439 g/mol. The smallest absolute Gasteiger partial charge is 0.191 e. The van der Waals surface area contributed by atoms with Crippen LogP contribution in [0.1, 0.15) is 42.7 Å². The van der Waals surface area contributed by atoms with Crippen molar-refractivity contribution in [3.05, 3.63) is 71.5 Å². The normalized spacial score (nSPS) is 22.0. The van der Waals surface area contributed by atoms with E-state index in [0.29, 0.717) is 6.10 Å². The minimum absolute atomic E-state index is 0.118. The quantitative estimate of drug-likeness (QED) is 0.354. The molecule has 2 aliphatic rings. The van der Waals surface area contributed by atoms with Crippen LogP contribution >= 0.6 is 0 Å². The molecule has 1 saturated carbocycles. The predicted octanol–water partition coefficient (Wildman–Crippen LogP) is 3.92. The van der Waals surface area contributed by atoms with Crippen LogP contribution in [-0.4, -0.2) is 56.3 Å². The molecule has 1 aliphatic carbocycles. The molecule has 2 aromatic carbocycles. The van der Waals surface area contributed by atoms with Gasteiger partial charge in [0.2, 0.25) is 0 Å². The van der Waals surface area contributed by atoms with Gasteiger partial charge in [0.15, 0.2) is 5.96 Å². The predicted molar refractivity (Wildman–Crippen MR) is 127 cm³/mol. The van der Waals surface area contributed by atoms with Gasteiger partial charge in [-0.05, 0) is 42.9 Å². The van der Waals surface area contributed by atoms with Crippen LogP contribution < -0.4 is 10.6 Å². The minimum Gasteiger partial charge on any atom is -0.378 e. The van der Waals surface area contributed by atoms with Crippen LogP contribution in [0.3, 0.4) is 0 Å². The molecule has 4 rings (SSSR count). The highest BCUT2D eigenvalue weighted by Crippen LogP contribution is 2.41. The van der Waals surface area contributed by atoms with Crippen molar-refractivity contribution in [2.75, 3.05) is 33.3 Å². The highest BCUT2D eigenvalue weighted by atomic mass is 19.1. The molecule has 2 unspecified atom stereocenters. The van der Waals surface area contributed by atoms with Crippen LogP contribution in [-0.2, 0) is 11.3 Å². The van der Waals surface area contributed by atoms with Crippen molar-refractivity contribution < 1.29 is 9.13 Å². The molecule has 172 valence electrons. The van der Waals surface area contributed by atoms with Crippen LogP contribution in [0, 0.1) is 5.82 Å². The largest absolute Gasteiger partial charge is 0.378 e. The summed E-state index contributed by atoms with van der Waals surface area (Å²) in [5.74, 6) is 0.890. The Labute approximate surface area is 191 Å². The van der Waals surface area contributed by atoms with Crippen LogP contribution in [0.25, 0.3) is 0 Å². The Bertz CT molecular complexity index is 867. The first-order chi connectivity index (χ1) is 15.7. The van der Waals surface area contributed by atoms with Crippen LogP contribution in [0.2, 0.25) is 0 Å². The maximum Gasteiger partial charge on any atom is 0.191 e. The molecule has 0 bridgehead atoms. The van der Waals surface area contributed by atoms with Gasteiger partial charge in [0.05, 0.1) is 6.10 Å². The number of nitrogens with one attached hydrogen (secondary N) is 2. The van der Waals surface area contributed by atoms with E-state index in [9.17, 15) is 4.39 Å². The van der Waals surface area contributed by atoms with E-state index in [-0.39, 0.29) is 17.8 Å².